The molecular weight excluding hydrogens is 312 g/mol. The van der Waals surface area contributed by atoms with Crippen LogP contribution in [0.5, 0.6) is 0 Å². The summed E-state index contributed by atoms with van der Waals surface area (Å²) in [6, 6.07) is 10.9. The highest BCUT2D eigenvalue weighted by Crippen LogP contribution is 2.20. The number of nitrogens with zero attached hydrogens (tertiary/aromatic N) is 2. The summed E-state index contributed by atoms with van der Waals surface area (Å²) in [7, 11) is 0. The fourth-order valence-electron chi connectivity index (χ4n) is 2.86. The standard InChI is InChI=1S/C17H24N4O.ClH/c1-14(21-7-9-22-10-8-21)11-18-12-16-13-19-20-17(16)15-5-3-2-4-6-15;/h2-6,13-14,18H,7-12H2,1H3,(H,19,20);1H. The summed E-state index contributed by atoms with van der Waals surface area (Å²) in [6.45, 7) is 7.84. The van der Waals surface area contributed by atoms with Gasteiger partial charge in [-0.2, -0.15) is 5.10 Å². The van der Waals surface area contributed by atoms with Gasteiger partial charge in [-0.1, -0.05) is 30.3 Å². The summed E-state index contributed by atoms with van der Waals surface area (Å²) >= 11 is 0. The minimum Gasteiger partial charge on any atom is -0.379 e. The van der Waals surface area contributed by atoms with Crippen LogP contribution < -0.4 is 5.32 Å². The first-order chi connectivity index (χ1) is 10.8. The second kappa shape index (κ2) is 9.03. The zero-order valence-electron chi connectivity index (χ0n) is 13.5. The van der Waals surface area contributed by atoms with Crippen molar-refractivity contribution in [2.24, 2.45) is 0 Å². The minimum absolute atomic E-state index is 0. The normalized spacial score (nSPS) is 16.7. The molecule has 1 aliphatic heterocycles. The topological polar surface area (TPSA) is 53.2 Å². The molecule has 0 bridgehead atoms. The molecule has 0 spiro atoms. The first-order valence-electron chi connectivity index (χ1n) is 7.95. The minimum atomic E-state index is 0. The Morgan fingerprint density at radius 1 is 1.26 bits per heavy atom. The van der Waals surface area contributed by atoms with Gasteiger partial charge in [0.25, 0.3) is 0 Å². The summed E-state index contributed by atoms with van der Waals surface area (Å²) in [5.74, 6) is 0. The lowest BCUT2D eigenvalue weighted by atomic mass is 10.1. The second-order valence-electron chi connectivity index (χ2n) is 5.76. The molecule has 1 aromatic carbocycles. The Balaban J connectivity index is 0.00000192. The summed E-state index contributed by atoms with van der Waals surface area (Å²) < 4.78 is 5.40. The highest BCUT2D eigenvalue weighted by Gasteiger charge is 2.16. The molecule has 3 rings (SSSR count). The SMILES string of the molecule is CC(CNCc1cn[nH]c1-c1ccccc1)N1CCOCC1.Cl. The number of hydrogen-bond acceptors (Lipinski definition) is 4. The van der Waals surface area contributed by atoms with Crippen molar-refractivity contribution in [2.45, 2.75) is 19.5 Å². The van der Waals surface area contributed by atoms with Gasteiger partial charge in [-0.25, -0.2) is 0 Å². The van der Waals surface area contributed by atoms with Crippen molar-refractivity contribution in [2.75, 3.05) is 32.8 Å². The zero-order valence-corrected chi connectivity index (χ0v) is 14.3. The number of benzene rings is 1. The van der Waals surface area contributed by atoms with Gasteiger partial charge < -0.3 is 10.1 Å². The molecule has 5 nitrogen and oxygen atoms in total. The van der Waals surface area contributed by atoms with Crippen LogP contribution in [0.4, 0.5) is 0 Å². The van der Waals surface area contributed by atoms with Crippen LogP contribution in [0.15, 0.2) is 36.5 Å². The van der Waals surface area contributed by atoms with Crippen LogP contribution in [0.2, 0.25) is 0 Å². The Labute approximate surface area is 143 Å². The van der Waals surface area contributed by atoms with E-state index >= 15 is 0 Å². The summed E-state index contributed by atoms with van der Waals surface area (Å²) in [5, 5.41) is 10.9. The predicted octanol–water partition coefficient (Wildman–Crippen LogP) is 2.31. The molecule has 126 valence electrons. The van der Waals surface area contributed by atoms with Crippen molar-refractivity contribution in [1.82, 2.24) is 20.4 Å². The monoisotopic (exact) mass is 336 g/mol. The molecule has 2 heterocycles. The van der Waals surface area contributed by atoms with Crippen LogP contribution in [0.25, 0.3) is 11.3 Å². The highest BCUT2D eigenvalue weighted by atomic mass is 35.5. The van der Waals surface area contributed by atoms with Gasteiger partial charge in [0.05, 0.1) is 25.1 Å². The van der Waals surface area contributed by atoms with Crippen molar-refractivity contribution in [1.29, 1.82) is 0 Å². The molecule has 1 aromatic heterocycles. The van der Waals surface area contributed by atoms with Crippen molar-refractivity contribution in [3.05, 3.63) is 42.1 Å². The fraction of sp³-hybridized carbons (Fsp3) is 0.471. The lowest BCUT2D eigenvalue weighted by Crippen LogP contribution is -2.46. The molecule has 1 unspecified atom stereocenters. The predicted molar refractivity (Wildman–Crippen MR) is 94.8 cm³/mol. The first kappa shape index (κ1) is 17.9. The maximum absolute atomic E-state index is 5.40. The molecule has 0 radical (unpaired) electrons. The molecule has 23 heavy (non-hydrogen) atoms. The third-order valence-electron chi connectivity index (χ3n) is 4.20. The number of aromatic nitrogens is 2. The molecule has 6 heteroatoms. The molecule has 0 amide bonds. The summed E-state index contributed by atoms with van der Waals surface area (Å²) in [4.78, 5) is 2.48. The number of halogens is 1. The van der Waals surface area contributed by atoms with E-state index in [2.05, 4.69) is 39.5 Å². The third-order valence-corrected chi connectivity index (χ3v) is 4.20. The van der Waals surface area contributed by atoms with Gasteiger partial charge in [0, 0.05) is 37.8 Å². The molecule has 0 aliphatic carbocycles. The van der Waals surface area contributed by atoms with E-state index in [4.69, 9.17) is 4.74 Å². The molecular formula is C17H25ClN4O. The molecule has 1 fully saturated rings. The number of aromatic amines is 1. The average molecular weight is 337 g/mol. The second-order valence-corrected chi connectivity index (χ2v) is 5.76. The number of morpholine rings is 1. The highest BCUT2D eigenvalue weighted by molar-refractivity contribution is 5.85. The van der Waals surface area contributed by atoms with Crippen molar-refractivity contribution >= 4 is 12.4 Å². The van der Waals surface area contributed by atoms with E-state index in [9.17, 15) is 0 Å². The lowest BCUT2D eigenvalue weighted by Gasteiger charge is -2.32. The van der Waals surface area contributed by atoms with E-state index in [1.165, 1.54) is 11.1 Å². The number of hydrogen-bond donors (Lipinski definition) is 2. The number of ether oxygens (including phenoxy) is 1. The smallest absolute Gasteiger partial charge is 0.0695 e. The summed E-state index contributed by atoms with van der Waals surface area (Å²) in [5.41, 5.74) is 3.49. The summed E-state index contributed by atoms with van der Waals surface area (Å²) in [6.07, 6.45) is 1.91. The third kappa shape index (κ3) is 4.78. The van der Waals surface area contributed by atoms with Gasteiger partial charge in [0.1, 0.15) is 0 Å². The van der Waals surface area contributed by atoms with Crippen LogP contribution in [-0.4, -0.2) is 54.0 Å². The van der Waals surface area contributed by atoms with Gasteiger partial charge in [-0.3, -0.25) is 10.00 Å². The van der Waals surface area contributed by atoms with Crippen LogP contribution in [-0.2, 0) is 11.3 Å². The van der Waals surface area contributed by atoms with E-state index in [0.717, 1.165) is 45.1 Å². The largest absolute Gasteiger partial charge is 0.379 e. The van der Waals surface area contributed by atoms with E-state index in [-0.39, 0.29) is 12.4 Å². The Morgan fingerprint density at radius 3 is 2.74 bits per heavy atom. The van der Waals surface area contributed by atoms with E-state index in [0.29, 0.717) is 6.04 Å². The van der Waals surface area contributed by atoms with Gasteiger partial charge in [-0.05, 0) is 12.5 Å². The van der Waals surface area contributed by atoms with Crippen molar-refractivity contribution in [3.8, 4) is 11.3 Å². The van der Waals surface area contributed by atoms with Gasteiger partial charge >= 0.3 is 0 Å². The van der Waals surface area contributed by atoms with E-state index in [1.54, 1.807) is 0 Å². The van der Waals surface area contributed by atoms with Gasteiger partial charge in [0.2, 0.25) is 0 Å². The average Bonchev–Trinajstić information content (AvgIpc) is 3.05. The van der Waals surface area contributed by atoms with Gasteiger partial charge in [0.15, 0.2) is 0 Å². The molecule has 2 N–H and O–H groups in total. The van der Waals surface area contributed by atoms with Crippen LogP contribution in [0.1, 0.15) is 12.5 Å². The quantitative estimate of drug-likeness (QED) is 0.850. The molecule has 0 saturated carbocycles. The molecule has 1 aliphatic rings. The van der Waals surface area contributed by atoms with Crippen LogP contribution in [0, 0.1) is 0 Å². The maximum atomic E-state index is 5.40. The number of nitrogens with one attached hydrogen (secondary N) is 2. The first-order valence-corrected chi connectivity index (χ1v) is 7.95. The maximum Gasteiger partial charge on any atom is 0.0695 e. The van der Waals surface area contributed by atoms with E-state index < -0.39 is 0 Å². The Hall–Kier alpha value is -1.40. The van der Waals surface area contributed by atoms with E-state index in [1.807, 2.05) is 24.4 Å². The molecule has 1 atom stereocenters. The Kier molecular flexibility index (Phi) is 7.05. The van der Waals surface area contributed by atoms with Crippen LogP contribution in [0.3, 0.4) is 0 Å². The number of H-pyrrole nitrogens is 1. The Bertz CT molecular complexity index is 569. The molecule has 1 saturated heterocycles. The van der Waals surface area contributed by atoms with Crippen LogP contribution >= 0.6 is 12.4 Å². The Morgan fingerprint density at radius 2 is 2.00 bits per heavy atom. The fourth-order valence-corrected chi connectivity index (χ4v) is 2.86. The molecule has 2 aromatic rings. The number of rotatable bonds is 6. The van der Waals surface area contributed by atoms with Crippen molar-refractivity contribution < 1.29 is 4.74 Å². The zero-order chi connectivity index (χ0) is 15.2. The lowest BCUT2D eigenvalue weighted by molar-refractivity contribution is 0.0203. The van der Waals surface area contributed by atoms with Gasteiger partial charge in [-0.15, -0.1) is 12.4 Å². The van der Waals surface area contributed by atoms with Crippen molar-refractivity contribution in [3.63, 3.8) is 0 Å².